The van der Waals surface area contributed by atoms with Crippen molar-refractivity contribution in [2.24, 2.45) is 0 Å². The number of hydrogen-bond acceptors (Lipinski definition) is 0. The molecule has 0 fully saturated rings. The highest BCUT2D eigenvalue weighted by Gasteiger charge is 2.31. The summed E-state index contributed by atoms with van der Waals surface area (Å²) in [6.07, 6.45) is 7.16. The van der Waals surface area contributed by atoms with Gasteiger partial charge in [0.2, 0.25) is 0 Å². The van der Waals surface area contributed by atoms with Crippen LogP contribution in [0.3, 0.4) is 0 Å². The molecule has 1 aromatic carbocycles. The highest BCUT2D eigenvalue weighted by molar-refractivity contribution is 9.11. The lowest BCUT2D eigenvalue weighted by atomic mass is 9.87. The molecule has 0 bridgehead atoms. The molecule has 3 heteroatoms. The summed E-state index contributed by atoms with van der Waals surface area (Å²) < 4.78 is 2.43. The second kappa shape index (κ2) is 6.18. The van der Waals surface area contributed by atoms with Gasteiger partial charge in [0.1, 0.15) is 6.04 Å². The lowest BCUT2D eigenvalue weighted by molar-refractivity contribution is -0.730. The first-order valence-electron chi connectivity index (χ1n) is 6.21. The smallest absolute Gasteiger partial charge is 0.117 e. The lowest BCUT2D eigenvalue weighted by Crippen LogP contribution is -2.92. The number of quaternary nitrogens is 1. The van der Waals surface area contributed by atoms with E-state index in [1.54, 1.807) is 0 Å². The summed E-state index contributed by atoms with van der Waals surface area (Å²) in [6.45, 7) is 7.74. The quantitative estimate of drug-likeness (QED) is 0.773. The van der Waals surface area contributed by atoms with Gasteiger partial charge in [-0.1, -0.05) is 44.0 Å². The zero-order valence-corrected chi connectivity index (χ0v) is 13.5. The molecule has 0 saturated carbocycles. The average molecular weight is 372 g/mol. The SMILES string of the molecule is C=CC[C@H]1Cc2c(Br)ccc(Br)c2[C@H](CC=C)[NH2+]1. The molecular formula is C15H18Br2N+. The second-order valence-corrected chi connectivity index (χ2v) is 6.44. The molecule has 2 rings (SSSR count). The Labute approximate surface area is 126 Å². The standard InChI is InChI=1S/C15H17Br2N/c1-3-5-10-9-11-12(16)7-8-13(17)15(11)14(18-10)6-4-2/h3-4,7-8,10,14,18H,1-2,5-6,9H2/p+1/t10-,14-/m0/s1. The third-order valence-corrected chi connectivity index (χ3v) is 4.91. The average Bonchev–Trinajstić information content (AvgIpc) is 2.34. The van der Waals surface area contributed by atoms with Crippen LogP contribution in [0.5, 0.6) is 0 Å². The summed E-state index contributed by atoms with van der Waals surface area (Å²) in [4.78, 5) is 0. The maximum Gasteiger partial charge on any atom is 0.117 e. The minimum atomic E-state index is 0.461. The molecule has 1 aliphatic heterocycles. The minimum absolute atomic E-state index is 0.461. The van der Waals surface area contributed by atoms with Gasteiger partial charge in [-0.2, -0.15) is 0 Å². The molecule has 0 unspecified atom stereocenters. The predicted octanol–water partition coefficient (Wildman–Crippen LogP) is 3.89. The molecule has 1 heterocycles. The Morgan fingerprint density at radius 1 is 1.17 bits per heavy atom. The van der Waals surface area contributed by atoms with Gasteiger partial charge in [0, 0.05) is 33.8 Å². The molecule has 1 aliphatic rings. The van der Waals surface area contributed by atoms with Crippen LogP contribution in [0.2, 0.25) is 0 Å². The normalized spacial score (nSPS) is 22.3. The van der Waals surface area contributed by atoms with Crippen molar-refractivity contribution in [1.29, 1.82) is 0 Å². The molecule has 96 valence electrons. The van der Waals surface area contributed by atoms with E-state index in [0.29, 0.717) is 12.1 Å². The van der Waals surface area contributed by atoms with Gasteiger partial charge >= 0.3 is 0 Å². The van der Waals surface area contributed by atoms with Crippen LogP contribution in [0.1, 0.15) is 30.0 Å². The van der Waals surface area contributed by atoms with Crippen LogP contribution < -0.4 is 5.32 Å². The Hall–Kier alpha value is -0.380. The van der Waals surface area contributed by atoms with E-state index in [-0.39, 0.29) is 0 Å². The first kappa shape index (κ1) is 14.0. The van der Waals surface area contributed by atoms with Crippen molar-refractivity contribution < 1.29 is 5.32 Å². The first-order valence-corrected chi connectivity index (χ1v) is 7.79. The fourth-order valence-electron chi connectivity index (χ4n) is 2.72. The summed E-state index contributed by atoms with van der Waals surface area (Å²) in [5.41, 5.74) is 2.86. The monoisotopic (exact) mass is 370 g/mol. The molecule has 18 heavy (non-hydrogen) atoms. The highest BCUT2D eigenvalue weighted by Crippen LogP contribution is 2.35. The van der Waals surface area contributed by atoms with Gasteiger partial charge in [-0.05, 0) is 17.7 Å². The summed E-state index contributed by atoms with van der Waals surface area (Å²) in [7, 11) is 0. The van der Waals surface area contributed by atoms with Crippen LogP contribution in [0.15, 0.2) is 46.4 Å². The van der Waals surface area contributed by atoms with Crippen LogP contribution in [-0.4, -0.2) is 6.04 Å². The summed E-state index contributed by atoms with van der Waals surface area (Å²) in [6, 6.07) is 5.30. The molecule has 1 aromatic rings. The minimum Gasteiger partial charge on any atom is -0.337 e. The third kappa shape index (κ3) is 2.79. The summed E-state index contributed by atoms with van der Waals surface area (Å²) >= 11 is 7.38. The summed E-state index contributed by atoms with van der Waals surface area (Å²) in [5, 5.41) is 2.46. The van der Waals surface area contributed by atoms with Gasteiger partial charge in [0.05, 0.1) is 6.04 Å². The molecule has 0 amide bonds. The van der Waals surface area contributed by atoms with Gasteiger partial charge in [0.25, 0.3) is 0 Å². The number of benzene rings is 1. The predicted molar refractivity (Wildman–Crippen MR) is 83.6 cm³/mol. The van der Waals surface area contributed by atoms with E-state index in [4.69, 9.17) is 0 Å². The fraction of sp³-hybridized carbons (Fsp3) is 0.333. The Balaban J connectivity index is 2.43. The molecule has 0 aromatic heterocycles. The molecule has 0 aliphatic carbocycles. The van der Waals surface area contributed by atoms with E-state index in [1.165, 1.54) is 20.1 Å². The Morgan fingerprint density at radius 2 is 1.83 bits per heavy atom. The van der Waals surface area contributed by atoms with Crippen LogP contribution in [0, 0.1) is 0 Å². The van der Waals surface area contributed by atoms with Crippen molar-refractivity contribution in [2.45, 2.75) is 31.3 Å². The van der Waals surface area contributed by atoms with Gasteiger partial charge in [-0.25, -0.2) is 0 Å². The van der Waals surface area contributed by atoms with E-state index in [1.807, 2.05) is 12.2 Å². The number of halogens is 2. The van der Waals surface area contributed by atoms with E-state index in [9.17, 15) is 0 Å². The van der Waals surface area contributed by atoms with E-state index >= 15 is 0 Å². The molecule has 2 atom stereocenters. The van der Waals surface area contributed by atoms with Crippen molar-refractivity contribution in [3.8, 4) is 0 Å². The third-order valence-electron chi connectivity index (χ3n) is 3.48. The second-order valence-electron chi connectivity index (χ2n) is 4.73. The molecule has 0 saturated heterocycles. The van der Waals surface area contributed by atoms with Crippen molar-refractivity contribution in [1.82, 2.24) is 0 Å². The largest absolute Gasteiger partial charge is 0.337 e. The van der Waals surface area contributed by atoms with Crippen molar-refractivity contribution in [2.75, 3.05) is 0 Å². The lowest BCUT2D eigenvalue weighted by Gasteiger charge is -2.30. The topological polar surface area (TPSA) is 16.6 Å². The number of nitrogens with two attached hydrogens (primary N) is 1. The fourth-order valence-corrected chi connectivity index (χ4v) is 3.90. The zero-order chi connectivity index (χ0) is 13.1. The first-order chi connectivity index (χ1) is 8.67. The zero-order valence-electron chi connectivity index (χ0n) is 10.3. The van der Waals surface area contributed by atoms with Crippen molar-refractivity contribution in [3.05, 3.63) is 57.5 Å². The molecule has 0 spiro atoms. The van der Waals surface area contributed by atoms with Gasteiger partial charge < -0.3 is 5.32 Å². The molecular weight excluding hydrogens is 354 g/mol. The van der Waals surface area contributed by atoms with Crippen molar-refractivity contribution >= 4 is 31.9 Å². The molecule has 1 nitrogen and oxygen atoms in total. The van der Waals surface area contributed by atoms with Crippen LogP contribution >= 0.6 is 31.9 Å². The van der Waals surface area contributed by atoms with Crippen LogP contribution in [0.25, 0.3) is 0 Å². The maximum atomic E-state index is 3.88. The molecule has 2 N–H and O–H groups in total. The number of hydrogen-bond donors (Lipinski definition) is 1. The number of rotatable bonds is 4. The van der Waals surface area contributed by atoms with Gasteiger partial charge in [0.15, 0.2) is 0 Å². The highest BCUT2D eigenvalue weighted by atomic mass is 79.9. The van der Waals surface area contributed by atoms with E-state index < -0.39 is 0 Å². The van der Waals surface area contributed by atoms with Crippen LogP contribution in [-0.2, 0) is 6.42 Å². The Kier molecular flexibility index (Phi) is 4.82. The Morgan fingerprint density at radius 3 is 2.50 bits per heavy atom. The van der Waals surface area contributed by atoms with E-state index in [0.717, 1.165) is 19.3 Å². The molecule has 0 radical (unpaired) electrons. The van der Waals surface area contributed by atoms with Gasteiger partial charge in [-0.15, -0.1) is 13.2 Å². The van der Waals surface area contributed by atoms with Crippen molar-refractivity contribution in [3.63, 3.8) is 0 Å². The van der Waals surface area contributed by atoms with E-state index in [2.05, 4.69) is 62.5 Å². The Bertz CT molecular complexity index is 468. The van der Waals surface area contributed by atoms with Crippen LogP contribution in [0.4, 0.5) is 0 Å². The maximum absolute atomic E-state index is 3.88. The number of fused-ring (bicyclic) bond motifs is 1. The summed E-state index contributed by atoms with van der Waals surface area (Å²) in [5.74, 6) is 0. The van der Waals surface area contributed by atoms with Gasteiger partial charge in [-0.3, -0.25) is 0 Å².